The molecule has 1 unspecified atom stereocenters. The Bertz CT molecular complexity index is 544. The number of fused-ring (bicyclic) bond motifs is 1. The predicted molar refractivity (Wildman–Crippen MR) is 90.2 cm³/mol. The summed E-state index contributed by atoms with van der Waals surface area (Å²) in [6, 6.07) is -0.583. The summed E-state index contributed by atoms with van der Waals surface area (Å²) in [4.78, 5) is 42.3. The largest absolute Gasteiger partial charge is 0.343 e. The highest BCUT2D eigenvalue weighted by Crippen LogP contribution is 2.29. The van der Waals surface area contributed by atoms with Gasteiger partial charge in [0.05, 0.1) is 11.1 Å². The topological polar surface area (TPSA) is 99.0 Å². The molecule has 0 spiro atoms. The van der Waals surface area contributed by atoms with E-state index in [1.54, 1.807) is 30.7 Å². The monoisotopic (exact) mass is 339 g/mol. The Labute approximate surface area is 143 Å². The lowest BCUT2D eigenvalue weighted by Crippen LogP contribution is -2.64. The SMILES string of the molecule is CC[C@@H](NC(=O)C(C)(C)N)C(=O)N1CCN2C(=O)N(C)CC2(C)C1. The van der Waals surface area contributed by atoms with Crippen molar-refractivity contribution in [2.75, 3.05) is 33.2 Å². The molecule has 0 aliphatic carbocycles. The van der Waals surface area contributed by atoms with Gasteiger partial charge in [-0.05, 0) is 27.2 Å². The molecular formula is C16H29N5O3. The molecule has 0 radical (unpaired) electrons. The third-order valence-electron chi connectivity index (χ3n) is 4.82. The summed E-state index contributed by atoms with van der Waals surface area (Å²) >= 11 is 0. The number of amides is 4. The van der Waals surface area contributed by atoms with Gasteiger partial charge in [-0.15, -0.1) is 0 Å². The maximum absolute atomic E-state index is 12.8. The average Bonchev–Trinajstić information content (AvgIpc) is 2.71. The third kappa shape index (κ3) is 3.33. The van der Waals surface area contributed by atoms with Crippen LogP contribution in [-0.4, -0.2) is 82.9 Å². The van der Waals surface area contributed by atoms with Gasteiger partial charge in [-0.25, -0.2) is 4.79 Å². The van der Waals surface area contributed by atoms with Gasteiger partial charge < -0.3 is 25.8 Å². The molecule has 2 rings (SSSR count). The molecule has 0 aromatic rings. The van der Waals surface area contributed by atoms with E-state index in [0.29, 0.717) is 32.6 Å². The summed E-state index contributed by atoms with van der Waals surface area (Å²) in [6.07, 6.45) is 0.496. The second kappa shape index (κ2) is 6.23. The van der Waals surface area contributed by atoms with Crippen molar-refractivity contribution in [3.05, 3.63) is 0 Å². The molecule has 8 nitrogen and oxygen atoms in total. The molecule has 0 aromatic carbocycles. The fourth-order valence-electron chi connectivity index (χ4n) is 3.40. The Morgan fingerprint density at radius 2 is 1.96 bits per heavy atom. The molecule has 2 saturated heterocycles. The number of urea groups is 1. The quantitative estimate of drug-likeness (QED) is 0.727. The lowest BCUT2D eigenvalue weighted by Gasteiger charge is -2.44. The zero-order valence-corrected chi connectivity index (χ0v) is 15.3. The number of carbonyl (C=O) groups excluding carboxylic acids is 3. The Kier molecular flexibility index (Phi) is 4.81. The van der Waals surface area contributed by atoms with Gasteiger partial charge in [0.1, 0.15) is 6.04 Å². The Balaban J connectivity index is 2.07. The number of hydrogen-bond acceptors (Lipinski definition) is 4. The van der Waals surface area contributed by atoms with Crippen LogP contribution in [0, 0.1) is 0 Å². The standard InChI is InChI=1S/C16H29N5O3/c1-6-11(18-13(23)15(2,3)17)12(22)20-7-8-21-14(24)19(5)9-16(21,4)10-20/h11H,6-10,17H2,1-5H3,(H,18,23)/t11-,16?/m1/s1. The van der Waals surface area contributed by atoms with Crippen molar-refractivity contribution in [1.82, 2.24) is 20.0 Å². The highest BCUT2D eigenvalue weighted by Gasteiger charge is 2.49. The molecule has 3 N–H and O–H groups in total. The van der Waals surface area contributed by atoms with Crippen LogP contribution < -0.4 is 11.1 Å². The van der Waals surface area contributed by atoms with E-state index in [1.165, 1.54) is 0 Å². The van der Waals surface area contributed by atoms with Crippen molar-refractivity contribution < 1.29 is 14.4 Å². The first kappa shape index (κ1) is 18.5. The smallest absolute Gasteiger partial charge is 0.320 e. The first-order valence-corrected chi connectivity index (χ1v) is 8.41. The first-order chi connectivity index (χ1) is 11.0. The predicted octanol–water partition coefficient (Wildman–Crippen LogP) is -0.413. The van der Waals surface area contributed by atoms with Gasteiger partial charge in [0.25, 0.3) is 0 Å². The molecule has 24 heavy (non-hydrogen) atoms. The molecule has 2 atom stereocenters. The lowest BCUT2D eigenvalue weighted by molar-refractivity contribution is -0.140. The second-order valence-corrected chi connectivity index (χ2v) is 7.70. The second-order valence-electron chi connectivity index (χ2n) is 7.70. The number of hydrogen-bond donors (Lipinski definition) is 2. The highest BCUT2D eigenvalue weighted by molar-refractivity contribution is 5.91. The van der Waals surface area contributed by atoms with Crippen molar-refractivity contribution in [3.8, 4) is 0 Å². The Hall–Kier alpha value is -1.83. The minimum absolute atomic E-state index is 0.00910. The van der Waals surface area contributed by atoms with E-state index in [1.807, 2.05) is 18.7 Å². The molecule has 0 saturated carbocycles. The molecule has 0 bridgehead atoms. The molecule has 4 amide bonds. The molecule has 2 aliphatic heterocycles. The third-order valence-corrected chi connectivity index (χ3v) is 4.82. The first-order valence-electron chi connectivity index (χ1n) is 8.41. The van der Waals surface area contributed by atoms with E-state index >= 15 is 0 Å². The molecule has 2 heterocycles. The van der Waals surface area contributed by atoms with Crippen LogP contribution in [0.2, 0.25) is 0 Å². The fourth-order valence-corrected chi connectivity index (χ4v) is 3.40. The van der Waals surface area contributed by atoms with Gasteiger partial charge in [-0.1, -0.05) is 6.92 Å². The fraction of sp³-hybridized carbons (Fsp3) is 0.812. The van der Waals surface area contributed by atoms with Crippen molar-refractivity contribution in [1.29, 1.82) is 0 Å². The Morgan fingerprint density at radius 1 is 1.33 bits per heavy atom. The summed E-state index contributed by atoms with van der Waals surface area (Å²) < 4.78 is 0. The van der Waals surface area contributed by atoms with Gasteiger partial charge in [-0.2, -0.15) is 0 Å². The molecule has 2 fully saturated rings. The molecule has 136 valence electrons. The summed E-state index contributed by atoms with van der Waals surface area (Å²) in [5, 5.41) is 2.75. The van der Waals surface area contributed by atoms with Crippen LogP contribution in [0.1, 0.15) is 34.1 Å². The number of nitrogens with zero attached hydrogens (tertiary/aromatic N) is 3. The van der Waals surface area contributed by atoms with Crippen LogP contribution in [0.25, 0.3) is 0 Å². The van der Waals surface area contributed by atoms with Gasteiger partial charge in [0.2, 0.25) is 11.8 Å². The van der Waals surface area contributed by atoms with Crippen molar-refractivity contribution in [2.45, 2.75) is 51.2 Å². The van der Waals surface area contributed by atoms with E-state index < -0.39 is 11.6 Å². The van der Waals surface area contributed by atoms with E-state index in [2.05, 4.69) is 5.32 Å². The van der Waals surface area contributed by atoms with Crippen LogP contribution in [0.5, 0.6) is 0 Å². The van der Waals surface area contributed by atoms with Gasteiger partial charge in [0, 0.05) is 33.2 Å². The molecule has 2 aliphatic rings. The van der Waals surface area contributed by atoms with Crippen molar-refractivity contribution >= 4 is 17.8 Å². The van der Waals surface area contributed by atoms with Crippen LogP contribution in [0.4, 0.5) is 4.79 Å². The number of nitrogens with one attached hydrogen (secondary N) is 1. The minimum Gasteiger partial charge on any atom is -0.343 e. The summed E-state index contributed by atoms with van der Waals surface area (Å²) in [6.45, 7) is 9.13. The average molecular weight is 339 g/mol. The number of carbonyl (C=O) groups is 3. The maximum atomic E-state index is 12.8. The minimum atomic E-state index is -1.03. The number of rotatable bonds is 4. The number of likely N-dealkylation sites (N-methyl/N-ethyl adjacent to an activating group) is 1. The summed E-state index contributed by atoms with van der Waals surface area (Å²) in [5.74, 6) is -0.457. The van der Waals surface area contributed by atoms with E-state index in [4.69, 9.17) is 5.73 Å². The normalized spacial score (nSPS) is 25.6. The molecular weight excluding hydrogens is 310 g/mol. The molecule has 0 aromatic heterocycles. The van der Waals surface area contributed by atoms with E-state index in [-0.39, 0.29) is 23.4 Å². The number of piperazine rings is 1. The van der Waals surface area contributed by atoms with E-state index in [0.717, 1.165) is 0 Å². The highest BCUT2D eigenvalue weighted by atomic mass is 16.2. The zero-order chi connectivity index (χ0) is 18.3. The van der Waals surface area contributed by atoms with Crippen LogP contribution in [0.3, 0.4) is 0 Å². The summed E-state index contributed by atoms with van der Waals surface area (Å²) in [7, 11) is 1.77. The summed E-state index contributed by atoms with van der Waals surface area (Å²) in [5.41, 5.74) is 4.39. The van der Waals surface area contributed by atoms with Gasteiger partial charge in [0.15, 0.2) is 0 Å². The van der Waals surface area contributed by atoms with Crippen LogP contribution in [-0.2, 0) is 9.59 Å². The van der Waals surface area contributed by atoms with Gasteiger partial charge >= 0.3 is 6.03 Å². The van der Waals surface area contributed by atoms with E-state index in [9.17, 15) is 14.4 Å². The zero-order valence-electron chi connectivity index (χ0n) is 15.3. The van der Waals surface area contributed by atoms with Crippen LogP contribution in [0.15, 0.2) is 0 Å². The molecule has 8 heteroatoms. The van der Waals surface area contributed by atoms with Crippen LogP contribution >= 0.6 is 0 Å². The maximum Gasteiger partial charge on any atom is 0.320 e. The van der Waals surface area contributed by atoms with Crippen molar-refractivity contribution in [3.63, 3.8) is 0 Å². The van der Waals surface area contributed by atoms with Crippen molar-refractivity contribution in [2.24, 2.45) is 5.73 Å². The Morgan fingerprint density at radius 3 is 2.50 bits per heavy atom. The lowest BCUT2D eigenvalue weighted by atomic mass is 9.97. The van der Waals surface area contributed by atoms with Gasteiger partial charge in [-0.3, -0.25) is 9.59 Å². The number of nitrogens with two attached hydrogens (primary N) is 1.